The number of aromatic nitrogens is 1. The number of benzene rings is 2. The Morgan fingerprint density at radius 2 is 2.00 bits per heavy atom. The summed E-state index contributed by atoms with van der Waals surface area (Å²) in [5, 5.41) is 5.35. The molecule has 0 saturated carbocycles. The fourth-order valence-electron chi connectivity index (χ4n) is 3.80. The Bertz CT molecular complexity index is 1080. The molecular weight excluding hydrogens is 410 g/mol. The number of hydrogen-bond acceptors (Lipinski definition) is 5. The van der Waals surface area contributed by atoms with Crippen molar-refractivity contribution in [3.8, 4) is 11.3 Å². The number of ether oxygens (including phenoxy) is 1. The molecule has 0 bridgehead atoms. The Morgan fingerprint density at radius 1 is 1.19 bits per heavy atom. The number of thiazole rings is 1. The van der Waals surface area contributed by atoms with Gasteiger partial charge in [-0.3, -0.25) is 9.69 Å². The topological polar surface area (TPSA) is 71.5 Å². The Labute approximate surface area is 185 Å². The highest BCUT2D eigenvalue weighted by Gasteiger charge is 2.35. The number of nitrogens with zero attached hydrogens (tertiary/aromatic N) is 2. The summed E-state index contributed by atoms with van der Waals surface area (Å²) in [4.78, 5) is 31.5. The van der Waals surface area contributed by atoms with E-state index in [9.17, 15) is 9.59 Å². The summed E-state index contributed by atoms with van der Waals surface area (Å²) in [5.74, 6) is -0.226. The van der Waals surface area contributed by atoms with Crippen molar-refractivity contribution in [3.63, 3.8) is 0 Å². The molecule has 1 aliphatic heterocycles. The molecule has 160 valence electrons. The van der Waals surface area contributed by atoms with Crippen LogP contribution in [0.4, 0.5) is 9.93 Å². The van der Waals surface area contributed by atoms with Gasteiger partial charge >= 0.3 is 6.09 Å². The molecule has 31 heavy (non-hydrogen) atoms. The number of carbonyl (C=O) groups excluding carboxylic acids is 2. The van der Waals surface area contributed by atoms with E-state index in [0.717, 1.165) is 28.8 Å². The van der Waals surface area contributed by atoms with Gasteiger partial charge in [-0.1, -0.05) is 54.1 Å². The predicted octanol–water partition coefficient (Wildman–Crippen LogP) is 5.17. The number of amides is 2. The number of nitrogens with one attached hydrogen (secondary N) is 1. The van der Waals surface area contributed by atoms with E-state index in [1.165, 1.54) is 21.8 Å². The van der Waals surface area contributed by atoms with Crippen molar-refractivity contribution in [2.75, 3.05) is 11.9 Å². The molecule has 2 heterocycles. The van der Waals surface area contributed by atoms with Crippen molar-refractivity contribution in [1.82, 2.24) is 9.88 Å². The smallest absolute Gasteiger partial charge is 0.410 e. The summed E-state index contributed by atoms with van der Waals surface area (Å²) in [7, 11) is 0. The summed E-state index contributed by atoms with van der Waals surface area (Å²) < 4.78 is 5.42. The Kier molecular flexibility index (Phi) is 6.32. The molecule has 1 aliphatic rings. The van der Waals surface area contributed by atoms with Crippen LogP contribution in [0.15, 0.2) is 53.9 Å². The molecule has 0 radical (unpaired) electrons. The van der Waals surface area contributed by atoms with Gasteiger partial charge in [0.05, 0.1) is 5.69 Å². The number of rotatable bonds is 5. The second-order valence-electron chi connectivity index (χ2n) is 7.74. The lowest BCUT2D eigenvalue weighted by Crippen LogP contribution is -2.43. The summed E-state index contributed by atoms with van der Waals surface area (Å²) in [6.07, 6.45) is 0.919. The van der Waals surface area contributed by atoms with Gasteiger partial charge in [-0.2, -0.15) is 0 Å². The maximum Gasteiger partial charge on any atom is 0.410 e. The minimum Gasteiger partial charge on any atom is -0.445 e. The number of anilines is 1. The van der Waals surface area contributed by atoms with E-state index in [1.54, 1.807) is 0 Å². The molecule has 0 spiro atoms. The third-order valence-electron chi connectivity index (χ3n) is 5.39. The highest BCUT2D eigenvalue weighted by molar-refractivity contribution is 7.14. The first-order chi connectivity index (χ1) is 15.0. The summed E-state index contributed by atoms with van der Waals surface area (Å²) in [6.45, 7) is 4.81. The van der Waals surface area contributed by atoms with Crippen LogP contribution in [0, 0.1) is 13.8 Å². The van der Waals surface area contributed by atoms with Crippen molar-refractivity contribution < 1.29 is 14.3 Å². The van der Waals surface area contributed by atoms with Crippen LogP contribution < -0.4 is 5.32 Å². The van der Waals surface area contributed by atoms with E-state index < -0.39 is 12.1 Å². The zero-order valence-electron chi connectivity index (χ0n) is 17.6. The molecule has 6 nitrogen and oxygen atoms in total. The first kappa shape index (κ1) is 21.1. The largest absolute Gasteiger partial charge is 0.445 e. The van der Waals surface area contributed by atoms with Crippen LogP contribution >= 0.6 is 11.3 Å². The molecule has 2 amide bonds. The van der Waals surface area contributed by atoms with Crippen LogP contribution in [0.25, 0.3) is 11.3 Å². The highest BCUT2D eigenvalue weighted by Crippen LogP contribution is 2.29. The average Bonchev–Trinajstić information content (AvgIpc) is 3.43. The van der Waals surface area contributed by atoms with Gasteiger partial charge in [-0.25, -0.2) is 9.78 Å². The van der Waals surface area contributed by atoms with Crippen LogP contribution in [0.2, 0.25) is 0 Å². The van der Waals surface area contributed by atoms with E-state index in [1.807, 2.05) is 41.8 Å². The molecule has 1 aromatic heterocycles. The van der Waals surface area contributed by atoms with Gasteiger partial charge in [0.1, 0.15) is 12.6 Å². The van der Waals surface area contributed by atoms with Crippen molar-refractivity contribution in [2.24, 2.45) is 0 Å². The predicted molar refractivity (Wildman–Crippen MR) is 122 cm³/mol. The molecule has 1 N–H and O–H groups in total. The fraction of sp³-hybridized carbons (Fsp3) is 0.292. The second-order valence-corrected chi connectivity index (χ2v) is 8.60. The minimum absolute atomic E-state index is 0.191. The molecule has 1 atom stereocenters. The normalized spacial score (nSPS) is 15.7. The fourth-order valence-corrected chi connectivity index (χ4v) is 4.52. The van der Waals surface area contributed by atoms with E-state index >= 15 is 0 Å². The number of aryl methyl sites for hydroxylation is 2. The van der Waals surface area contributed by atoms with E-state index in [0.29, 0.717) is 18.1 Å². The van der Waals surface area contributed by atoms with Gasteiger partial charge in [0.25, 0.3) is 0 Å². The lowest BCUT2D eigenvalue weighted by Gasteiger charge is -2.22. The monoisotopic (exact) mass is 435 g/mol. The molecule has 0 aliphatic carbocycles. The summed E-state index contributed by atoms with van der Waals surface area (Å²) in [5.41, 5.74) is 5.15. The third-order valence-corrected chi connectivity index (χ3v) is 6.14. The van der Waals surface area contributed by atoms with Crippen LogP contribution in [0.3, 0.4) is 0 Å². The van der Waals surface area contributed by atoms with Crippen molar-refractivity contribution >= 4 is 28.5 Å². The second kappa shape index (κ2) is 9.31. The maximum atomic E-state index is 12.9. The molecule has 4 rings (SSSR count). The standard InChI is InChI=1S/C24H25N3O3S/c1-16-10-11-19(17(2)13-16)20-15-31-23(25-20)26-22(28)21-9-6-12-27(21)24(29)30-14-18-7-4-3-5-8-18/h3-5,7-8,10-11,13,15,21H,6,9,12,14H2,1-2H3,(H,25,26,28)/t21-/m0/s1. The first-order valence-corrected chi connectivity index (χ1v) is 11.2. The molecule has 7 heteroatoms. The number of likely N-dealkylation sites (tertiary alicyclic amines) is 1. The quantitative estimate of drug-likeness (QED) is 0.600. The van der Waals surface area contributed by atoms with Gasteiger partial charge in [0.2, 0.25) is 5.91 Å². The maximum absolute atomic E-state index is 12.9. The summed E-state index contributed by atoms with van der Waals surface area (Å²) >= 11 is 1.38. The Morgan fingerprint density at radius 3 is 2.77 bits per heavy atom. The van der Waals surface area contributed by atoms with Crippen LogP contribution in [0.5, 0.6) is 0 Å². The van der Waals surface area contributed by atoms with Crippen LogP contribution in [-0.4, -0.2) is 34.5 Å². The van der Waals surface area contributed by atoms with Gasteiger partial charge in [-0.15, -0.1) is 11.3 Å². The Balaban J connectivity index is 1.38. The molecular formula is C24H25N3O3S. The number of hydrogen-bond donors (Lipinski definition) is 1. The van der Waals surface area contributed by atoms with Crippen molar-refractivity contribution in [2.45, 2.75) is 39.3 Å². The molecule has 2 aromatic carbocycles. The lowest BCUT2D eigenvalue weighted by molar-refractivity contribution is -0.120. The van der Waals surface area contributed by atoms with Gasteiger partial charge in [-0.05, 0) is 37.8 Å². The third kappa shape index (κ3) is 4.94. The zero-order chi connectivity index (χ0) is 21.8. The SMILES string of the molecule is Cc1ccc(-c2csc(NC(=O)[C@@H]3CCCN3C(=O)OCc3ccccc3)n2)c(C)c1. The van der Waals surface area contributed by atoms with Crippen molar-refractivity contribution in [1.29, 1.82) is 0 Å². The zero-order valence-corrected chi connectivity index (χ0v) is 18.4. The Hall–Kier alpha value is -3.19. The molecule has 3 aromatic rings. The van der Waals surface area contributed by atoms with Crippen LogP contribution in [-0.2, 0) is 16.1 Å². The van der Waals surface area contributed by atoms with Gasteiger partial charge in [0, 0.05) is 17.5 Å². The van der Waals surface area contributed by atoms with Crippen LogP contribution in [0.1, 0.15) is 29.5 Å². The van der Waals surface area contributed by atoms with Gasteiger partial charge in [0.15, 0.2) is 5.13 Å². The van der Waals surface area contributed by atoms with E-state index in [4.69, 9.17) is 4.74 Å². The lowest BCUT2D eigenvalue weighted by atomic mass is 10.0. The van der Waals surface area contributed by atoms with E-state index in [-0.39, 0.29) is 12.5 Å². The van der Waals surface area contributed by atoms with Crippen molar-refractivity contribution in [3.05, 3.63) is 70.6 Å². The van der Waals surface area contributed by atoms with Gasteiger partial charge < -0.3 is 10.1 Å². The minimum atomic E-state index is -0.545. The molecule has 1 saturated heterocycles. The first-order valence-electron chi connectivity index (χ1n) is 10.3. The number of carbonyl (C=O) groups is 2. The summed E-state index contributed by atoms with van der Waals surface area (Å²) in [6, 6.07) is 15.2. The average molecular weight is 436 g/mol. The molecule has 0 unspecified atom stereocenters. The molecule has 1 fully saturated rings. The highest BCUT2D eigenvalue weighted by atomic mass is 32.1. The van der Waals surface area contributed by atoms with E-state index in [2.05, 4.69) is 36.3 Å².